The molecule has 5 rings (SSSR count). The summed E-state index contributed by atoms with van der Waals surface area (Å²) in [5.74, 6) is 0.259. The van der Waals surface area contributed by atoms with E-state index in [1.54, 1.807) is 87.5 Å². The van der Waals surface area contributed by atoms with Crippen molar-refractivity contribution in [3.8, 4) is 11.3 Å². The minimum Gasteiger partial charge on any atom is -0.444 e. The number of amides is 1. The summed E-state index contributed by atoms with van der Waals surface area (Å²) in [7, 11) is -3.87. The van der Waals surface area contributed by atoms with Crippen molar-refractivity contribution in [2.45, 2.75) is 31.3 Å². The van der Waals surface area contributed by atoms with Crippen LogP contribution in [0.15, 0.2) is 96.2 Å². The van der Waals surface area contributed by atoms with Gasteiger partial charge in [0.05, 0.1) is 27.3 Å². The van der Waals surface area contributed by atoms with Gasteiger partial charge in [0.1, 0.15) is 5.60 Å². The van der Waals surface area contributed by atoms with Crippen LogP contribution in [0.25, 0.3) is 22.2 Å². The zero-order chi connectivity index (χ0) is 28.5. The summed E-state index contributed by atoms with van der Waals surface area (Å²) in [6, 6.07) is 22.3. The van der Waals surface area contributed by atoms with Gasteiger partial charge in [0, 0.05) is 28.5 Å². The second-order valence-corrected chi connectivity index (χ2v) is 12.1. The molecule has 0 spiro atoms. The molecule has 0 atom stereocenters. The maximum absolute atomic E-state index is 13.5. The Morgan fingerprint density at radius 3 is 2.27 bits per heavy atom. The molecule has 0 bridgehead atoms. The molecule has 1 amide bonds. The monoisotopic (exact) mass is 575 g/mol. The molecule has 3 aromatic carbocycles. The van der Waals surface area contributed by atoms with Gasteiger partial charge in [0.25, 0.3) is 10.0 Å². The number of anilines is 3. The van der Waals surface area contributed by atoms with Crippen LogP contribution in [0, 0.1) is 0 Å². The Kier molecular flexibility index (Phi) is 7.22. The summed E-state index contributed by atoms with van der Waals surface area (Å²) in [4.78, 5) is 21.1. The minimum atomic E-state index is -3.87. The Hall–Kier alpha value is -4.41. The van der Waals surface area contributed by atoms with Crippen molar-refractivity contribution in [2.75, 3.05) is 10.6 Å². The molecule has 9 nitrogen and oxygen atoms in total. The average molecular weight is 576 g/mol. The Morgan fingerprint density at radius 1 is 0.925 bits per heavy atom. The number of carbonyl (C=O) groups excluding carboxylic acids is 1. The zero-order valence-corrected chi connectivity index (χ0v) is 23.5. The third-order valence-corrected chi connectivity index (χ3v) is 7.73. The first-order valence-electron chi connectivity index (χ1n) is 12.3. The van der Waals surface area contributed by atoms with Gasteiger partial charge in [-0.1, -0.05) is 48.0 Å². The number of ether oxygens (including phenoxy) is 1. The van der Waals surface area contributed by atoms with E-state index in [4.69, 9.17) is 16.3 Å². The van der Waals surface area contributed by atoms with Crippen LogP contribution >= 0.6 is 11.6 Å². The maximum atomic E-state index is 13.5. The molecule has 0 aliphatic heterocycles. The summed E-state index contributed by atoms with van der Waals surface area (Å²) in [6.07, 6.45) is 2.44. The van der Waals surface area contributed by atoms with Crippen molar-refractivity contribution in [1.29, 1.82) is 0 Å². The molecule has 5 aromatic rings. The molecule has 204 valence electrons. The number of rotatable bonds is 6. The second-order valence-electron chi connectivity index (χ2n) is 9.89. The Bertz CT molecular complexity index is 1800. The Labute approximate surface area is 236 Å². The smallest absolute Gasteiger partial charge is 0.412 e. The highest BCUT2D eigenvalue weighted by molar-refractivity contribution is 7.90. The van der Waals surface area contributed by atoms with E-state index in [-0.39, 0.29) is 15.9 Å². The van der Waals surface area contributed by atoms with Gasteiger partial charge in [0.2, 0.25) is 5.95 Å². The van der Waals surface area contributed by atoms with Crippen molar-refractivity contribution in [1.82, 2.24) is 13.9 Å². The first kappa shape index (κ1) is 27.2. The summed E-state index contributed by atoms with van der Waals surface area (Å²) in [5.41, 5.74) is 2.04. The lowest BCUT2D eigenvalue weighted by Crippen LogP contribution is -2.27. The quantitative estimate of drug-likeness (QED) is 0.222. The molecule has 0 fully saturated rings. The van der Waals surface area contributed by atoms with Crippen LogP contribution in [-0.2, 0) is 14.8 Å². The number of carbonyl (C=O) groups is 1. The summed E-state index contributed by atoms with van der Waals surface area (Å²) >= 11 is 6.53. The Balaban J connectivity index is 1.45. The zero-order valence-electron chi connectivity index (χ0n) is 21.9. The molecule has 2 N–H and O–H groups in total. The number of aromatic nitrogens is 3. The highest BCUT2D eigenvalue weighted by atomic mass is 35.5. The van der Waals surface area contributed by atoms with Gasteiger partial charge in [-0.15, -0.1) is 0 Å². The molecule has 0 aliphatic rings. The predicted octanol–water partition coefficient (Wildman–Crippen LogP) is 7.08. The maximum Gasteiger partial charge on any atom is 0.412 e. The van der Waals surface area contributed by atoms with E-state index in [0.29, 0.717) is 33.5 Å². The van der Waals surface area contributed by atoms with Crippen molar-refractivity contribution < 1.29 is 17.9 Å². The number of nitrogens with one attached hydrogen (secondary N) is 2. The van der Waals surface area contributed by atoms with E-state index in [1.165, 1.54) is 16.4 Å². The molecule has 0 radical (unpaired) electrons. The van der Waals surface area contributed by atoms with Crippen LogP contribution in [0.1, 0.15) is 20.8 Å². The second kappa shape index (κ2) is 10.6. The summed E-state index contributed by atoms with van der Waals surface area (Å²) in [5, 5.41) is 6.74. The molecule has 0 unspecified atom stereocenters. The van der Waals surface area contributed by atoms with E-state index in [2.05, 4.69) is 20.6 Å². The number of para-hydroxylation sites is 1. The van der Waals surface area contributed by atoms with E-state index >= 15 is 0 Å². The van der Waals surface area contributed by atoms with Gasteiger partial charge < -0.3 is 10.1 Å². The lowest BCUT2D eigenvalue weighted by atomic mass is 10.1. The molecular formula is C29H26ClN5O4S. The number of benzene rings is 3. The van der Waals surface area contributed by atoms with Crippen LogP contribution in [0.5, 0.6) is 0 Å². The third kappa shape index (κ3) is 5.78. The normalized spacial score (nSPS) is 11.8. The van der Waals surface area contributed by atoms with E-state index < -0.39 is 21.7 Å². The fourth-order valence-electron chi connectivity index (χ4n) is 4.05. The average Bonchev–Trinajstić information content (AvgIpc) is 3.31. The lowest BCUT2D eigenvalue weighted by molar-refractivity contribution is 0.0636. The number of hydrogen-bond donors (Lipinski definition) is 2. The van der Waals surface area contributed by atoms with Gasteiger partial charge in [-0.3, -0.25) is 5.32 Å². The Morgan fingerprint density at radius 2 is 1.57 bits per heavy atom. The largest absolute Gasteiger partial charge is 0.444 e. The molecule has 11 heteroatoms. The number of halogens is 1. The van der Waals surface area contributed by atoms with Gasteiger partial charge in [-0.25, -0.2) is 27.2 Å². The minimum absolute atomic E-state index is 0.169. The third-order valence-electron chi connectivity index (χ3n) is 5.76. The van der Waals surface area contributed by atoms with Crippen LogP contribution < -0.4 is 10.6 Å². The van der Waals surface area contributed by atoms with E-state index in [0.717, 1.165) is 0 Å². The molecular weight excluding hydrogens is 550 g/mol. The van der Waals surface area contributed by atoms with Crippen LogP contribution in [0.4, 0.5) is 22.1 Å². The van der Waals surface area contributed by atoms with Crippen LogP contribution in [0.3, 0.4) is 0 Å². The molecule has 40 heavy (non-hydrogen) atoms. The predicted molar refractivity (Wildman–Crippen MR) is 157 cm³/mol. The van der Waals surface area contributed by atoms with Gasteiger partial charge in [-0.05, 0) is 63.2 Å². The molecule has 2 aromatic heterocycles. The van der Waals surface area contributed by atoms with Crippen molar-refractivity contribution in [3.63, 3.8) is 0 Å². The lowest BCUT2D eigenvalue weighted by Gasteiger charge is -2.19. The highest BCUT2D eigenvalue weighted by Crippen LogP contribution is 2.36. The fourth-order valence-corrected chi connectivity index (χ4v) is 5.63. The van der Waals surface area contributed by atoms with Crippen molar-refractivity contribution >= 4 is 55.9 Å². The number of hydrogen-bond acceptors (Lipinski definition) is 7. The first-order valence-corrected chi connectivity index (χ1v) is 14.1. The molecule has 0 aliphatic carbocycles. The standard InChI is InChI=1S/C29H26ClN5O4S/c1-29(2,3)39-28(36)33-20-15-13-19(14-16-20)32-27-31-17-24(30)26(34-27)23-18-35(25-12-8-7-11-22(23)25)40(37,38)21-9-5-4-6-10-21/h4-18H,1-3H3,(H,33,36)(H,31,32,34). The highest BCUT2D eigenvalue weighted by Gasteiger charge is 2.23. The SMILES string of the molecule is CC(C)(C)OC(=O)Nc1ccc(Nc2ncc(Cl)c(-c3cn(S(=O)(=O)c4ccccc4)c4ccccc34)n2)cc1. The van der Waals surface area contributed by atoms with Crippen molar-refractivity contribution in [3.05, 3.63) is 96.3 Å². The first-order chi connectivity index (χ1) is 19.0. The topological polar surface area (TPSA) is 115 Å². The van der Waals surface area contributed by atoms with Gasteiger partial charge >= 0.3 is 6.09 Å². The van der Waals surface area contributed by atoms with Gasteiger partial charge in [-0.2, -0.15) is 0 Å². The number of nitrogens with zero attached hydrogens (tertiary/aromatic N) is 3. The fraction of sp³-hybridized carbons (Fsp3) is 0.138. The van der Waals surface area contributed by atoms with Gasteiger partial charge in [0.15, 0.2) is 0 Å². The molecule has 2 heterocycles. The number of fused-ring (bicyclic) bond motifs is 1. The molecule has 0 saturated heterocycles. The van der Waals surface area contributed by atoms with E-state index in [1.807, 2.05) is 12.1 Å². The summed E-state index contributed by atoms with van der Waals surface area (Å²) in [6.45, 7) is 5.37. The molecule has 0 saturated carbocycles. The van der Waals surface area contributed by atoms with Crippen molar-refractivity contribution in [2.24, 2.45) is 0 Å². The van der Waals surface area contributed by atoms with E-state index in [9.17, 15) is 13.2 Å². The van der Waals surface area contributed by atoms with Crippen LogP contribution in [0.2, 0.25) is 5.02 Å². The van der Waals surface area contributed by atoms with Crippen LogP contribution in [-0.4, -0.2) is 34.1 Å². The summed E-state index contributed by atoms with van der Waals surface area (Å²) < 4.78 is 33.5.